The minimum absolute atomic E-state index is 0.130. The van der Waals surface area contributed by atoms with E-state index < -0.39 is 10.0 Å². The molecule has 1 amide bonds. The second-order valence-electron chi connectivity index (χ2n) is 4.47. The number of fused-ring (bicyclic) bond motifs is 1. The zero-order valence-electron chi connectivity index (χ0n) is 11.0. The fourth-order valence-electron chi connectivity index (χ4n) is 2.02. The average molecular weight is 328 g/mol. The van der Waals surface area contributed by atoms with Crippen molar-refractivity contribution in [1.29, 1.82) is 0 Å². The Morgan fingerprint density at radius 1 is 1.48 bits per heavy atom. The molecule has 2 aromatic rings. The molecule has 3 rings (SSSR count). The van der Waals surface area contributed by atoms with Crippen molar-refractivity contribution in [2.75, 3.05) is 11.9 Å². The van der Waals surface area contributed by atoms with Crippen LogP contribution in [0.5, 0.6) is 0 Å². The van der Waals surface area contributed by atoms with E-state index in [1.54, 1.807) is 6.33 Å². The van der Waals surface area contributed by atoms with Crippen LogP contribution in [-0.4, -0.2) is 45.3 Å². The smallest absolute Gasteiger partial charge is 0.272 e. The third-order valence-corrected chi connectivity index (χ3v) is 6.02. The van der Waals surface area contributed by atoms with Crippen LogP contribution >= 0.6 is 11.3 Å². The van der Waals surface area contributed by atoms with Crippen LogP contribution in [-0.2, 0) is 27.8 Å². The van der Waals surface area contributed by atoms with Gasteiger partial charge in [-0.15, -0.1) is 10.2 Å². The summed E-state index contributed by atoms with van der Waals surface area (Å²) in [6.45, 7) is 1.89. The summed E-state index contributed by atoms with van der Waals surface area (Å²) >= 11 is 0.836. The molecule has 2 N–H and O–H groups in total. The number of carbonyl (C=O) groups excluding carboxylic acids is 1. The molecule has 21 heavy (non-hydrogen) atoms. The maximum absolute atomic E-state index is 12.5. The second-order valence-corrected chi connectivity index (χ2v) is 7.56. The van der Waals surface area contributed by atoms with E-state index in [1.807, 2.05) is 0 Å². The number of hydrogen-bond acceptors (Lipinski definition) is 7. The Bertz CT molecular complexity index is 780. The van der Waals surface area contributed by atoms with Crippen molar-refractivity contribution in [3.05, 3.63) is 17.7 Å². The van der Waals surface area contributed by atoms with Crippen LogP contribution < -0.4 is 5.32 Å². The number of H-pyrrole nitrogens is 1. The van der Waals surface area contributed by atoms with Gasteiger partial charge in [0.05, 0.1) is 24.3 Å². The van der Waals surface area contributed by atoms with E-state index in [1.165, 1.54) is 11.2 Å². The van der Waals surface area contributed by atoms with Gasteiger partial charge >= 0.3 is 0 Å². The molecule has 3 heterocycles. The Kier molecular flexibility index (Phi) is 3.47. The molecule has 0 saturated heterocycles. The van der Waals surface area contributed by atoms with E-state index in [2.05, 4.69) is 25.5 Å². The molecule has 2 aromatic heterocycles. The summed E-state index contributed by atoms with van der Waals surface area (Å²) in [6, 6.07) is 0. The lowest BCUT2D eigenvalue weighted by Gasteiger charge is -2.23. The highest BCUT2D eigenvalue weighted by Crippen LogP contribution is 2.26. The summed E-state index contributed by atoms with van der Waals surface area (Å²) in [5.41, 5.74) is 1.68. The van der Waals surface area contributed by atoms with E-state index in [0.717, 1.165) is 22.7 Å². The number of amides is 1. The van der Waals surface area contributed by atoms with Crippen LogP contribution in [0.3, 0.4) is 0 Å². The largest absolute Gasteiger partial charge is 0.347 e. The highest BCUT2D eigenvalue weighted by molar-refractivity contribution is 7.91. The van der Waals surface area contributed by atoms with Gasteiger partial charge in [0.2, 0.25) is 15.4 Å². The highest BCUT2D eigenvalue weighted by atomic mass is 32.2. The van der Waals surface area contributed by atoms with Crippen molar-refractivity contribution < 1.29 is 13.2 Å². The van der Waals surface area contributed by atoms with Crippen molar-refractivity contribution in [1.82, 2.24) is 24.5 Å². The van der Waals surface area contributed by atoms with Crippen molar-refractivity contribution in [3.63, 3.8) is 0 Å². The Labute approximate surface area is 124 Å². The van der Waals surface area contributed by atoms with E-state index in [4.69, 9.17) is 0 Å². The Hall–Kier alpha value is -1.85. The molecular formula is C10H12N6O3S2. The number of aromatic nitrogens is 4. The van der Waals surface area contributed by atoms with E-state index in [-0.39, 0.29) is 21.9 Å². The number of carbonyl (C=O) groups is 1. The van der Waals surface area contributed by atoms with Crippen molar-refractivity contribution in [3.8, 4) is 0 Å². The van der Waals surface area contributed by atoms with Crippen LogP contribution in [0.25, 0.3) is 0 Å². The number of hydrogen-bond donors (Lipinski definition) is 2. The SMILES string of the molecule is CC(=O)Nc1nnc(S(=O)(=O)N2CCc3nc[nH]c3C2)s1. The van der Waals surface area contributed by atoms with Crippen LogP contribution in [0.1, 0.15) is 18.3 Å². The summed E-state index contributed by atoms with van der Waals surface area (Å²) in [7, 11) is -3.72. The number of aromatic amines is 1. The quantitative estimate of drug-likeness (QED) is 0.763. The molecule has 11 heteroatoms. The molecule has 0 saturated carbocycles. The van der Waals surface area contributed by atoms with Gasteiger partial charge < -0.3 is 10.3 Å². The van der Waals surface area contributed by atoms with E-state index in [0.29, 0.717) is 13.0 Å². The summed E-state index contributed by atoms with van der Waals surface area (Å²) in [4.78, 5) is 18.0. The molecular weight excluding hydrogens is 316 g/mol. The van der Waals surface area contributed by atoms with Gasteiger partial charge in [0, 0.05) is 19.9 Å². The van der Waals surface area contributed by atoms with Crippen LogP contribution in [0.2, 0.25) is 0 Å². The van der Waals surface area contributed by atoms with Gasteiger partial charge in [-0.25, -0.2) is 13.4 Å². The first kappa shape index (κ1) is 14.1. The second kappa shape index (κ2) is 5.16. The number of nitrogens with one attached hydrogen (secondary N) is 2. The average Bonchev–Trinajstić information content (AvgIpc) is 3.05. The fraction of sp³-hybridized carbons (Fsp3) is 0.400. The van der Waals surface area contributed by atoms with Gasteiger partial charge in [-0.05, 0) is 0 Å². The van der Waals surface area contributed by atoms with E-state index in [9.17, 15) is 13.2 Å². The molecule has 0 bridgehead atoms. The first-order valence-corrected chi connectivity index (χ1v) is 8.35. The van der Waals surface area contributed by atoms with E-state index >= 15 is 0 Å². The third-order valence-electron chi connectivity index (χ3n) is 2.99. The summed E-state index contributed by atoms with van der Waals surface area (Å²) in [6.07, 6.45) is 2.11. The topological polar surface area (TPSA) is 121 Å². The first-order valence-electron chi connectivity index (χ1n) is 6.09. The lowest BCUT2D eigenvalue weighted by atomic mass is 10.2. The number of rotatable bonds is 3. The third kappa shape index (κ3) is 2.66. The predicted octanol–water partition coefficient (Wildman–Crippen LogP) is -0.0334. The summed E-state index contributed by atoms with van der Waals surface area (Å²) in [5.74, 6) is -0.324. The Balaban J connectivity index is 1.84. The number of sulfonamides is 1. The van der Waals surface area contributed by atoms with Gasteiger partial charge in [-0.1, -0.05) is 11.3 Å². The summed E-state index contributed by atoms with van der Waals surface area (Å²) < 4.78 is 26.2. The molecule has 112 valence electrons. The molecule has 0 atom stereocenters. The molecule has 0 fully saturated rings. The molecule has 1 aliphatic heterocycles. The van der Waals surface area contributed by atoms with Crippen molar-refractivity contribution in [2.45, 2.75) is 24.2 Å². The first-order chi connectivity index (χ1) is 9.96. The molecule has 1 aliphatic rings. The minimum atomic E-state index is -3.72. The number of nitrogens with zero attached hydrogens (tertiary/aromatic N) is 4. The van der Waals surface area contributed by atoms with Crippen LogP contribution in [0, 0.1) is 0 Å². The molecule has 0 spiro atoms. The van der Waals surface area contributed by atoms with Gasteiger partial charge in [0.15, 0.2) is 0 Å². The lowest BCUT2D eigenvalue weighted by molar-refractivity contribution is -0.114. The maximum atomic E-state index is 12.5. The molecule has 0 aliphatic carbocycles. The predicted molar refractivity (Wildman–Crippen MR) is 74.1 cm³/mol. The molecule has 9 nitrogen and oxygen atoms in total. The number of imidazole rings is 1. The highest BCUT2D eigenvalue weighted by Gasteiger charge is 2.32. The minimum Gasteiger partial charge on any atom is -0.347 e. The fourth-order valence-corrected chi connectivity index (χ4v) is 4.51. The van der Waals surface area contributed by atoms with Crippen LogP contribution in [0.15, 0.2) is 10.7 Å². The maximum Gasteiger partial charge on any atom is 0.272 e. The molecule has 0 radical (unpaired) electrons. The standard InChI is InChI=1S/C10H12N6O3S2/c1-6(17)13-9-14-15-10(20-9)21(18,19)16-3-2-7-8(4-16)12-5-11-7/h5H,2-4H2,1H3,(H,11,12)(H,13,14,17). The Morgan fingerprint density at radius 2 is 2.29 bits per heavy atom. The molecule has 0 aromatic carbocycles. The van der Waals surface area contributed by atoms with Gasteiger partial charge in [0.25, 0.3) is 10.0 Å². The molecule has 0 unspecified atom stereocenters. The lowest BCUT2D eigenvalue weighted by Crippen LogP contribution is -2.36. The van der Waals surface area contributed by atoms with Crippen molar-refractivity contribution in [2.24, 2.45) is 0 Å². The Morgan fingerprint density at radius 3 is 3.05 bits per heavy atom. The van der Waals surface area contributed by atoms with Gasteiger partial charge in [-0.2, -0.15) is 4.31 Å². The zero-order chi connectivity index (χ0) is 15.0. The monoisotopic (exact) mass is 328 g/mol. The van der Waals surface area contributed by atoms with Crippen LogP contribution in [0.4, 0.5) is 5.13 Å². The van der Waals surface area contributed by atoms with Crippen molar-refractivity contribution >= 4 is 32.4 Å². The summed E-state index contributed by atoms with van der Waals surface area (Å²) in [5, 5.41) is 9.91. The normalized spacial score (nSPS) is 15.7. The number of anilines is 1. The van der Waals surface area contributed by atoms with Gasteiger partial charge in [-0.3, -0.25) is 4.79 Å². The van der Waals surface area contributed by atoms with Gasteiger partial charge in [0.1, 0.15) is 0 Å². The zero-order valence-corrected chi connectivity index (χ0v) is 12.7.